The first-order valence-corrected chi connectivity index (χ1v) is 8.25. The minimum absolute atomic E-state index is 0.203. The van der Waals surface area contributed by atoms with Gasteiger partial charge in [0.1, 0.15) is 17.5 Å². The molecule has 2 N–H and O–H groups in total. The first kappa shape index (κ1) is 15.2. The molecule has 4 nitrogen and oxygen atoms in total. The predicted octanol–water partition coefficient (Wildman–Crippen LogP) is 4.57. The lowest BCUT2D eigenvalue weighted by molar-refractivity contribution is 1.31. The molecule has 0 fully saturated rings. The van der Waals surface area contributed by atoms with E-state index in [9.17, 15) is 5.26 Å². The molecule has 0 aliphatic heterocycles. The second-order valence-corrected chi connectivity index (χ2v) is 6.57. The molecule has 2 aromatic heterocycles. The molecule has 0 saturated heterocycles. The van der Waals surface area contributed by atoms with Crippen LogP contribution in [0.4, 0.5) is 5.82 Å². The Morgan fingerprint density at radius 3 is 2.39 bits per heavy atom. The lowest BCUT2D eigenvalue weighted by atomic mass is 10.0. The highest BCUT2D eigenvalue weighted by Gasteiger charge is 2.14. The molecule has 6 heteroatoms. The average molecular weight is 381 g/mol. The van der Waals surface area contributed by atoms with Gasteiger partial charge in [0.25, 0.3) is 0 Å². The summed E-state index contributed by atoms with van der Waals surface area (Å²) in [6, 6.07) is 15.1. The molecular weight excluding hydrogens is 372 g/mol. The van der Waals surface area contributed by atoms with Gasteiger partial charge in [0.05, 0.1) is 17.3 Å². The van der Waals surface area contributed by atoms with Crippen LogP contribution in [0, 0.1) is 22.7 Å². The number of nitriles is 2. The molecule has 0 saturated carbocycles. The molecule has 0 radical (unpaired) electrons. The van der Waals surface area contributed by atoms with E-state index in [1.54, 1.807) is 12.1 Å². The topological polar surface area (TPSA) is 86.5 Å². The smallest absolute Gasteiger partial charge is 0.142 e. The van der Waals surface area contributed by atoms with E-state index in [0.717, 1.165) is 20.5 Å². The lowest BCUT2D eigenvalue weighted by Crippen LogP contribution is -1.99. The van der Waals surface area contributed by atoms with Crippen molar-refractivity contribution in [2.75, 3.05) is 5.73 Å². The van der Waals surface area contributed by atoms with Crippen LogP contribution in [0.3, 0.4) is 0 Å². The van der Waals surface area contributed by atoms with Crippen molar-refractivity contribution in [3.8, 4) is 33.8 Å². The highest BCUT2D eigenvalue weighted by Crippen LogP contribution is 2.36. The fourth-order valence-corrected chi connectivity index (χ4v) is 3.65. The zero-order valence-electron chi connectivity index (χ0n) is 11.7. The second-order valence-electron chi connectivity index (χ2n) is 4.75. The van der Waals surface area contributed by atoms with Gasteiger partial charge >= 0.3 is 0 Å². The molecule has 23 heavy (non-hydrogen) atoms. The van der Waals surface area contributed by atoms with Gasteiger partial charge < -0.3 is 5.73 Å². The number of nitrogens with two attached hydrogens (primary N) is 1. The summed E-state index contributed by atoms with van der Waals surface area (Å²) in [5, 5.41) is 20.2. The standard InChI is InChI=1S/C17H9BrN4S/c18-12-5-16(23-9-12)13-6-15(22-17(21)14(13)8-20)11-3-1-10(7-19)2-4-11/h1-6,9H,(H2,21,22). The average Bonchev–Trinajstić information content (AvgIpc) is 3.00. The highest BCUT2D eigenvalue weighted by molar-refractivity contribution is 9.10. The van der Waals surface area contributed by atoms with Gasteiger partial charge in [-0.05, 0) is 40.2 Å². The maximum atomic E-state index is 9.38. The van der Waals surface area contributed by atoms with Gasteiger partial charge in [-0.25, -0.2) is 4.98 Å². The van der Waals surface area contributed by atoms with E-state index in [0.29, 0.717) is 16.8 Å². The van der Waals surface area contributed by atoms with Crippen molar-refractivity contribution < 1.29 is 0 Å². The number of nitrogen functional groups attached to an aromatic ring is 1. The maximum absolute atomic E-state index is 9.38. The Hall–Kier alpha value is -2.67. The van der Waals surface area contributed by atoms with E-state index in [2.05, 4.69) is 33.1 Å². The van der Waals surface area contributed by atoms with Gasteiger partial charge in [0, 0.05) is 25.9 Å². The summed E-state index contributed by atoms with van der Waals surface area (Å²) >= 11 is 4.95. The van der Waals surface area contributed by atoms with Crippen LogP contribution in [0.25, 0.3) is 21.7 Å². The summed E-state index contributed by atoms with van der Waals surface area (Å²) in [4.78, 5) is 5.27. The Labute approximate surface area is 145 Å². The van der Waals surface area contributed by atoms with Crippen LogP contribution in [-0.2, 0) is 0 Å². The normalized spacial score (nSPS) is 10.0. The van der Waals surface area contributed by atoms with E-state index in [1.165, 1.54) is 11.3 Å². The number of halogens is 1. The quantitative estimate of drug-likeness (QED) is 0.705. The fraction of sp³-hybridized carbons (Fsp3) is 0. The largest absolute Gasteiger partial charge is 0.383 e. The fourth-order valence-electron chi connectivity index (χ4n) is 2.19. The third kappa shape index (κ3) is 2.95. The number of aromatic nitrogens is 1. The van der Waals surface area contributed by atoms with E-state index in [-0.39, 0.29) is 5.82 Å². The van der Waals surface area contributed by atoms with Crippen LogP contribution in [0.2, 0.25) is 0 Å². The van der Waals surface area contributed by atoms with Crippen molar-refractivity contribution in [3.63, 3.8) is 0 Å². The SMILES string of the molecule is N#Cc1ccc(-c2cc(-c3cc(Br)cs3)c(C#N)c(N)n2)cc1. The second kappa shape index (κ2) is 6.21. The van der Waals surface area contributed by atoms with E-state index < -0.39 is 0 Å². The molecule has 2 heterocycles. The number of nitrogens with zero attached hydrogens (tertiary/aromatic N) is 3. The van der Waals surface area contributed by atoms with Gasteiger partial charge in [-0.2, -0.15) is 10.5 Å². The van der Waals surface area contributed by atoms with Crippen molar-refractivity contribution >= 4 is 33.1 Å². The molecule has 0 spiro atoms. The van der Waals surface area contributed by atoms with Crippen LogP contribution in [0.1, 0.15) is 11.1 Å². The first-order chi connectivity index (χ1) is 11.1. The monoisotopic (exact) mass is 380 g/mol. The van der Waals surface area contributed by atoms with Crippen molar-refractivity contribution in [2.24, 2.45) is 0 Å². The summed E-state index contributed by atoms with van der Waals surface area (Å²) in [5.41, 5.74) is 9.21. The van der Waals surface area contributed by atoms with Gasteiger partial charge in [0.2, 0.25) is 0 Å². The third-order valence-corrected chi connectivity index (χ3v) is 5.03. The van der Waals surface area contributed by atoms with Gasteiger partial charge in [-0.1, -0.05) is 12.1 Å². The molecule has 3 aromatic rings. The molecule has 0 amide bonds. The Morgan fingerprint density at radius 2 is 1.83 bits per heavy atom. The Morgan fingerprint density at radius 1 is 1.09 bits per heavy atom. The van der Waals surface area contributed by atoms with Crippen molar-refractivity contribution in [1.29, 1.82) is 10.5 Å². The van der Waals surface area contributed by atoms with Crippen LogP contribution in [0.5, 0.6) is 0 Å². The molecular formula is C17H9BrN4S. The molecule has 0 aliphatic carbocycles. The molecule has 0 bridgehead atoms. The molecule has 110 valence electrons. The number of benzene rings is 1. The number of thiophene rings is 1. The first-order valence-electron chi connectivity index (χ1n) is 6.58. The van der Waals surface area contributed by atoms with Crippen molar-refractivity contribution in [2.45, 2.75) is 0 Å². The Kier molecular flexibility index (Phi) is 4.12. The van der Waals surface area contributed by atoms with Crippen molar-refractivity contribution in [1.82, 2.24) is 4.98 Å². The van der Waals surface area contributed by atoms with Crippen LogP contribution in [0.15, 0.2) is 46.3 Å². The summed E-state index contributed by atoms with van der Waals surface area (Å²) in [6.45, 7) is 0. The Balaban J connectivity index is 2.18. The molecule has 1 aromatic carbocycles. The van der Waals surface area contributed by atoms with Crippen LogP contribution < -0.4 is 5.73 Å². The van der Waals surface area contributed by atoms with E-state index in [1.807, 2.05) is 29.6 Å². The maximum Gasteiger partial charge on any atom is 0.142 e. The highest BCUT2D eigenvalue weighted by atomic mass is 79.9. The minimum Gasteiger partial charge on any atom is -0.383 e. The number of rotatable bonds is 2. The lowest BCUT2D eigenvalue weighted by Gasteiger charge is -2.08. The minimum atomic E-state index is 0.203. The molecule has 0 aliphatic rings. The van der Waals surface area contributed by atoms with Gasteiger partial charge in [-0.3, -0.25) is 0 Å². The summed E-state index contributed by atoms with van der Waals surface area (Å²) in [7, 11) is 0. The Bertz CT molecular complexity index is 962. The van der Waals surface area contributed by atoms with Crippen LogP contribution in [-0.4, -0.2) is 4.98 Å². The zero-order valence-corrected chi connectivity index (χ0v) is 14.1. The number of anilines is 1. The third-order valence-electron chi connectivity index (χ3n) is 3.30. The van der Waals surface area contributed by atoms with E-state index in [4.69, 9.17) is 11.0 Å². The van der Waals surface area contributed by atoms with Gasteiger partial charge in [-0.15, -0.1) is 11.3 Å². The predicted molar refractivity (Wildman–Crippen MR) is 94.5 cm³/mol. The zero-order chi connectivity index (χ0) is 16.4. The summed E-state index contributed by atoms with van der Waals surface area (Å²) in [5.74, 6) is 0.203. The summed E-state index contributed by atoms with van der Waals surface area (Å²) < 4.78 is 0.955. The molecule has 3 rings (SSSR count). The number of pyridine rings is 1. The van der Waals surface area contributed by atoms with Crippen LogP contribution >= 0.6 is 27.3 Å². The molecule has 0 atom stereocenters. The van der Waals surface area contributed by atoms with Crippen molar-refractivity contribution in [3.05, 3.63) is 57.4 Å². The van der Waals surface area contributed by atoms with E-state index >= 15 is 0 Å². The molecule has 0 unspecified atom stereocenters. The van der Waals surface area contributed by atoms with Gasteiger partial charge in [0.15, 0.2) is 0 Å². The number of hydrogen-bond donors (Lipinski definition) is 1. The number of hydrogen-bond acceptors (Lipinski definition) is 5. The summed E-state index contributed by atoms with van der Waals surface area (Å²) in [6.07, 6.45) is 0.